The van der Waals surface area contributed by atoms with Crippen LogP contribution in [0.2, 0.25) is 0 Å². The smallest absolute Gasteiger partial charge is 0.326 e. The highest BCUT2D eigenvalue weighted by Crippen LogP contribution is 2.19. The normalized spacial score (nSPS) is 14.5. The van der Waals surface area contributed by atoms with E-state index in [-0.39, 0.29) is 31.4 Å². The molecule has 236 valence electrons. The molecule has 10 N–H and O–H groups in total. The van der Waals surface area contributed by atoms with Crippen molar-refractivity contribution in [1.82, 2.24) is 20.9 Å². The number of nitrogens with two attached hydrogens (primary N) is 2. The lowest BCUT2D eigenvalue weighted by Gasteiger charge is -2.26. The second-order valence-electron chi connectivity index (χ2n) is 10.9. The van der Waals surface area contributed by atoms with Gasteiger partial charge in [-0.15, -0.1) is 0 Å². The van der Waals surface area contributed by atoms with Gasteiger partial charge in [0.25, 0.3) is 0 Å². The maximum atomic E-state index is 13.5. The summed E-state index contributed by atoms with van der Waals surface area (Å²) in [7, 11) is 0. The summed E-state index contributed by atoms with van der Waals surface area (Å²) in [6, 6.07) is 8.68. The topological polar surface area (TPSA) is 230 Å². The van der Waals surface area contributed by atoms with Crippen LogP contribution in [0.3, 0.4) is 0 Å². The number of carbonyl (C=O) groups is 5. The predicted octanol–water partition coefficient (Wildman–Crippen LogP) is 0.837. The molecule has 1 aromatic heterocycles. The Balaban J connectivity index is 1.80. The lowest BCUT2D eigenvalue weighted by Crippen LogP contribution is -2.58. The zero-order chi connectivity index (χ0) is 32.4. The molecule has 2 aromatic carbocycles. The Morgan fingerprint density at radius 2 is 1.52 bits per heavy atom. The van der Waals surface area contributed by atoms with Gasteiger partial charge in [-0.25, -0.2) is 4.79 Å². The molecule has 13 nitrogen and oxygen atoms in total. The minimum atomic E-state index is -1.27. The molecule has 0 saturated heterocycles. The minimum absolute atomic E-state index is 0.000276. The highest BCUT2D eigenvalue weighted by atomic mass is 16.4. The average Bonchev–Trinajstić information content (AvgIpc) is 3.40. The molecule has 44 heavy (non-hydrogen) atoms. The Kier molecular flexibility index (Phi) is 11.9. The molecule has 4 amide bonds. The second-order valence-corrected chi connectivity index (χ2v) is 10.9. The quantitative estimate of drug-likeness (QED) is 0.116. The van der Waals surface area contributed by atoms with E-state index in [1.54, 1.807) is 32.2 Å². The van der Waals surface area contributed by atoms with Gasteiger partial charge in [0.15, 0.2) is 0 Å². The second kappa shape index (κ2) is 15.5. The summed E-state index contributed by atoms with van der Waals surface area (Å²) in [5.74, 6) is -4.51. The molecule has 13 heteroatoms. The fraction of sp³-hybridized carbons (Fsp3) is 0.387. The first-order valence-corrected chi connectivity index (χ1v) is 14.4. The SMILES string of the molecule is CCC(C)C(NC(=O)C(Cc1ccc(O)cc1)NC(=O)C(CCC(N)=O)NC(=O)C(N)Cc1c[nH]c2ccccc12)C(=O)O. The molecule has 0 bridgehead atoms. The van der Waals surface area contributed by atoms with Crippen LogP contribution >= 0.6 is 0 Å². The summed E-state index contributed by atoms with van der Waals surface area (Å²) in [5.41, 5.74) is 13.8. The largest absolute Gasteiger partial charge is 0.508 e. The lowest BCUT2D eigenvalue weighted by molar-refractivity contribution is -0.143. The number of H-pyrrole nitrogens is 1. The van der Waals surface area contributed by atoms with Crippen LogP contribution in [-0.2, 0) is 36.8 Å². The fourth-order valence-corrected chi connectivity index (χ4v) is 4.75. The standard InChI is InChI=1S/C31H40N6O7/c1-3-17(2)27(31(43)44)37-30(42)25(14-18-8-10-20(38)11-9-18)36-29(41)24(12-13-26(33)39)35-28(40)22(32)15-19-16-34-23-7-5-4-6-21(19)23/h4-11,16-17,22,24-25,27,34,38H,3,12-15,32H2,1-2H3,(H2,33,39)(H,35,40)(H,36,41)(H,37,42)(H,43,44). The predicted molar refractivity (Wildman–Crippen MR) is 163 cm³/mol. The van der Waals surface area contributed by atoms with E-state index in [2.05, 4.69) is 20.9 Å². The number of amides is 4. The molecule has 0 aliphatic rings. The Bertz CT molecular complexity index is 1470. The number of para-hydroxylation sites is 1. The number of benzene rings is 2. The van der Waals surface area contributed by atoms with Gasteiger partial charge in [-0.3, -0.25) is 19.2 Å². The monoisotopic (exact) mass is 608 g/mol. The molecule has 1 heterocycles. The molecule has 5 unspecified atom stereocenters. The minimum Gasteiger partial charge on any atom is -0.508 e. The van der Waals surface area contributed by atoms with Crippen LogP contribution in [0, 0.1) is 5.92 Å². The maximum Gasteiger partial charge on any atom is 0.326 e. The molecular formula is C31H40N6O7. The first-order valence-electron chi connectivity index (χ1n) is 14.4. The Morgan fingerprint density at radius 3 is 2.16 bits per heavy atom. The number of aromatic nitrogens is 1. The van der Waals surface area contributed by atoms with Gasteiger partial charge in [0.1, 0.15) is 23.9 Å². The number of phenols is 1. The molecule has 0 aliphatic carbocycles. The van der Waals surface area contributed by atoms with Crippen LogP contribution in [-0.4, -0.2) is 69.0 Å². The highest BCUT2D eigenvalue weighted by molar-refractivity contribution is 5.95. The number of aromatic hydroxyl groups is 1. The van der Waals surface area contributed by atoms with Crippen molar-refractivity contribution in [2.75, 3.05) is 0 Å². The van der Waals surface area contributed by atoms with Crippen molar-refractivity contribution in [2.24, 2.45) is 17.4 Å². The number of phenolic OH excluding ortho intramolecular Hbond substituents is 1. The van der Waals surface area contributed by atoms with Crippen molar-refractivity contribution in [3.63, 3.8) is 0 Å². The number of fused-ring (bicyclic) bond motifs is 1. The summed E-state index contributed by atoms with van der Waals surface area (Å²) in [6.45, 7) is 3.47. The fourth-order valence-electron chi connectivity index (χ4n) is 4.75. The first kappa shape index (κ1) is 33.6. The summed E-state index contributed by atoms with van der Waals surface area (Å²) in [6.07, 6.45) is 1.95. The van der Waals surface area contributed by atoms with Crippen molar-refractivity contribution in [1.29, 1.82) is 0 Å². The number of aromatic amines is 1. The van der Waals surface area contributed by atoms with Crippen LogP contribution in [0.25, 0.3) is 10.9 Å². The number of hydrogen-bond acceptors (Lipinski definition) is 7. The van der Waals surface area contributed by atoms with E-state index in [4.69, 9.17) is 11.5 Å². The van der Waals surface area contributed by atoms with Crippen LogP contribution in [0.5, 0.6) is 5.75 Å². The first-order chi connectivity index (χ1) is 20.9. The van der Waals surface area contributed by atoms with Crippen LogP contribution in [0.15, 0.2) is 54.7 Å². The highest BCUT2D eigenvalue weighted by Gasteiger charge is 2.32. The molecule has 5 atom stereocenters. The molecule has 0 spiro atoms. The van der Waals surface area contributed by atoms with Crippen molar-refractivity contribution in [2.45, 2.75) is 70.1 Å². The van der Waals surface area contributed by atoms with E-state index in [0.717, 1.165) is 16.5 Å². The third-order valence-corrected chi connectivity index (χ3v) is 7.55. The van der Waals surface area contributed by atoms with Crippen molar-refractivity contribution in [3.8, 4) is 5.75 Å². The molecular weight excluding hydrogens is 568 g/mol. The molecule has 3 rings (SSSR count). The van der Waals surface area contributed by atoms with Crippen molar-refractivity contribution < 1.29 is 34.2 Å². The number of carbonyl (C=O) groups excluding carboxylic acids is 4. The number of aliphatic carboxylic acids is 1. The summed E-state index contributed by atoms with van der Waals surface area (Å²) < 4.78 is 0. The third kappa shape index (κ3) is 9.30. The average molecular weight is 609 g/mol. The Morgan fingerprint density at radius 1 is 0.886 bits per heavy atom. The molecule has 0 aliphatic heterocycles. The molecule has 0 fully saturated rings. The molecule has 0 radical (unpaired) electrons. The zero-order valence-corrected chi connectivity index (χ0v) is 24.7. The van der Waals surface area contributed by atoms with Gasteiger partial charge in [-0.05, 0) is 48.1 Å². The third-order valence-electron chi connectivity index (χ3n) is 7.55. The summed E-state index contributed by atoms with van der Waals surface area (Å²) >= 11 is 0. The van der Waals surface area contributed by atoms with Gasteiger partial charge in [0.05, 0.1) is 6.04 Å². The molecule has 0 saturated carbocycles. The number of primary amides is 1. The van der Waals surface area contributed by atoms with E-state index in [1.165, 1.54) is 12.1 Å². The number of hydrogen-bond donors (Lipinski definition) is 8. The summed E-state index contributed by atoms with van der Waals surface area (Å²) in [5, 5.41) is 27.9. The van der Waals surface area contributed by atoms with Gasteiger partial charge in [-0.2, -0.15) is 0 Å². The number of nitrogens with one attached hydrogen (secondary N) is 4. The van der Waals surface area contributed by atoms with Gasteiger partial charge in [0.2, 0.25) is 23.6 Å². The van der Waals surface area contributed by atoms with Crippen LogP contribution < -0.4 is 27.4 Å². The number of carboxylic acid groups (broad SMARTS) is 1. The van der Waals surface area contributed by atoms with Crippen molar-refractivity contribution in [3.05, 3.63) is 65.9 Å². The number of rotatable bonds is 16. The van der Waals surface area contributed by atoms with Gasteiger partial charge >= 0.3 is 5.97 Å². The van der Waals surface area contributed by atoms with Crippen LogP contribution in [0.1, 0.15) is 44.2 Å². The van der Waals surface area contributed by atoms with Gasteiger partial charge < -0.3 is 42.6 Å². The van der Waals surface area contributed by atoms with Gasteiger partial charge in [-0.1, -0.05) is 50.6 Å². The van der Waals surface area contributed by atoms with Crippen LogP contribution in [0.4, 0.5) is 0 Å². The van der Waals surface area contributed by atoms with E-state index in [0.29, 0.717) is 12.0 Å². The van der Waals surface area contributed by atoms with E-state index in [9.17, 15) is 34.2 Å². The Hall–Kier alpha value is -4.91. The van der Waals surface area contributed by atoms with Gasteiger partial charge in [0, 0.05) is 29.9 Å². The maximum absolute atomic E-state index is 13.5. The number of carboxylic acids is 1. The van der Waals surface area contributed by atoms with E-state index < -0.39 is 59.7 Å². The molecule has 3 aromatic rings. The van der Waals surface area contributed by atoms with Crippen molar-refractivity contribution >= 4 is 40.5 Å². The summed E-state index contributed by atoms with van der Waals surface area (Å²) in [4.78, 5) is 66.6. The van der Waals surface area contributed by atoms with E-state index in [1.807, 2.05) is 24.3 Å². The lowest BCUT2D eigenvalue weighted by atomic mass is 9.98. The van der Waals surface area contributed by atoms with E-state index >= 15 is 0 Å². The zero-order valence-electron chi connectivity index (χ0n) is 24.7. The Labute approximate surface area is 254 Å².